The third kappa shape index (κ3) is 3.47. The Kier molecular flexibility index (Phi) is 5.20. The third-order valence-electron chi connectivity index (χ3n) is 4.16. The van der Waals surface area contributed by atoms with Crippen LogP contribution >= 0.6 is 15.9 Å². The van der Waals surface area contributed by atoms with E-state index in [4.69, 9.17) is 0 Å². The molecule has 0 unspecified atom stereocenters. The number of rotatable bonds is 4. The lowest BCUT2D eigenvalue weighted by Crippen LogP contribution is -2.18. The van der Waals surface area contributed by atoms with Gasteiger partial charge in [-0.1, -0.05) is 32.6 Å². The number of hydrogen-bond donors (Lipinski definition) is 0. The molecule has 1 aromatic rings. The SMILES string of the molecule is CCc1nn(C)c(CC(=O)C2CCCCCC2)c1Br. The number of halogens is 1. The highest BCUT2D eigenvalue weighted by Crippen LogP contribution is 2.27. The van der Waals surface area contributed by atoms with E-state index in [0.29, 0.717) is 12.2 Å². The summed E-state index contributed by atoms with van der Waals surface area (Å²) < 4.78 is 2.89. The highest BCUT2D eigenvalue weighted by Gasteiger charge is 2.23. The van der Waals surface area contributed by atoms with E-state index in [9.17, 15) is 4.79 Å². The molecule has 0 N–H and O–H groups in total. The Morgan fingerprint density at radius 2 is 1.95 bits per heavy atom. The molecule has 0 spiro atoms. The summed E-state index contributed by atoms with van der Waals surface area (Å²) in [4.78, 5) is 12.5. The molecule has 1 fully saturated rings. The molecular formula is C15H23BrN2O. The summed E-state index contributed by atoms with van der Waals surface area (Å²) in [5.41, 5.74) is 2.08. The maximum Gasteiger partial charge on any atom is 0.141 e. The topological polar surface area (TPSA) is 34.9 Å². The minimum atomic E-state index is 0.273. The van der Waals surface area contributed by atoms with Crippen molar-refractivity contribution in [3.63, 3.8) is 0 Å². The van der Waals surface area contributed by atoms with Crippen LogP contribution in [0.15, 0.2) is 4.47 Å². The monoisotopic (exact) mass is 326 g/mol. The molecule has 1 aromatic heterocycles. The molecule has 2 rings (SSSR count). The molecule has 1 saturated carbocycles. The lowest BCUT2D eigenvalue weighted by Gasteiger charge is -2.12. The van der Waals surface area contributed by atoms with Crippen molar-refractivity contribution in [3.8, 4) is 0 Å². The molecular weight excluding hydrogens is 304 g/mol. The summed E-state index contributed by atoms with van der Waals surface area (Å²) in [6, 6.07) is 0. The van der Waals surface area contributed by atoms with Crippen LogP contribution in [0, 0.1) is 5.92 Å². The molecule has 0 atom stereocenters. The van der Waals surface area contributed by atoms with Crippen molar-refractivity contribution in [2.75, 3.05) is 0 Å². The van der Waals surface area contributed by atoms with Crippen LogP contribution in [0.1, 0.15) is 56.8 Å². The second kappa shape index (κ2) is 6.69. The van der Waals surface area contributed by atoms with Gasteiger partial charge in [-0.15, -0.1) is 0 Å². The summed E-state index contributed by atoms with van der Waals surface area (Å²) in [6.45, 7) is 2.09. The van der Waals surface area contributed by atoms with Gasteiger partial charge in [-0.25, -0.2) is 0 Å². The smallest absolute Gasteiger partial charge is 0.141 e. The van der Waals surface area contributed by atoms with Gasteiger partial charge in [0.2, 0.25) is 0 Å². The quantitative estimate of drug-likeness (QED) is 0.788. The largest absolute Gasteiger partial charge is 0.299 e. The van der Waals surface area contributed by atoms with Crippen LogP contribution in [0.5, 0.6) is 0 Å². The molecule has 19 heavy (non-hydrogen) atoms. The molecule has 3 nitrogen and oxygen atoms in total. The zero-order chi connectivity index (χ0) is 13.8. The molecule has 0 amide bonds. The van der Waals surface area contributed by atoms with Crippen molar-refractivity contribution in [1.82, 2.24) is 9.78 Å². The van der Waals surface area contributed by atoms with Crippen LogP contribution in [-0.2, 0) is 24.7 Å². The maximum absolute atomic E-state index is 12.5. The van der Waals surface area contributed by atoms with E-state index in [-0.39, 0.29) is 5.92 Å². The lowest BCUT2D eigenvalue weighted by molar-refractivity contribution is -0.122. The Morgan fingerprint density at radius 1 is 1.32 bits per heavy atom. The van der Waals surface area contributed by atoms with Gasteiger partial charge in [-0.3, -0.25) is 9.48 Å². The summed E-state index contributed by atoms with van der Waals surface area (Å²) in [5, 5.41) is 4.46. The van der Waals surface area contributed by atoms with Crippen molar-refractivity contribution >= 4 is 21.7 Å². The fourth-order valence-corrected chi connectivity index (χ4v) is 3.68. The van der Waals surface area contributed by atoms with Crippen LogP contribution < -0.4 is 0 Å². The van der Waals surface area contributed by atoms with Crippen molar-refractivity contribution in [2.24, 2.45) is 13.0 Å². The summed E-state index contributed by atoms with van der Waals surface area (Å²) in [5.74, 6) is 0.669. The van der Waals surface area contributed by atoms with Gasteiger partial charge in [0.25, 0.3) is 0 Å². The Hall–Kier alpha value is -0.640. The molecule has 106 valence electrons. The normalized spacial score (nSPS) is 17.4. The first-order chi connectivity index (χ1) is 9.13. The van der Waals surface area contributed by atoms with Gasteiger partial charge in [0.1, 0.15) is 5.78 Å². The highest BCUT2D eigenvalue weighted by atomic mass is 79.9. The minimum absolute atomic E-state index is 0.273. The fourth-order valence-electron chi connectivity index (χ4n) is 2.92. The minimum Gasteiger partial charge on any atom is -0.299 e. The number of hydrogen-bond acceptors (Lipinski definition) is 2. The number of carbonyl (C=O) groups is 1. The molecule has 0 saturated heterocycles. The van der Waals surface area contributed by atoms with Crippen molar-refractivity contribution in [2.45, 2.75) is 58.3 Å². The van der Waals surface area contributed by atoms with E-state index in [1.54, 1.807) is 0 Å². The average molecular weight is 327 g/mol. The van der Waals surface area contributed by atoms with E-state index < -0.39 is 0 Å². The average Bonchev–Trinajstić information content (AvgIpc) is 2.64. The van der Waals surface area contributed by atoms with E-state index in [0.717, 1.165) is 35.1 Å². The van der Waals surface area contributed by atoms with Crippen LogP contribution in [0.3, 0.4) is 0 Å². The first-order valence-corrected chi connectivity index (χ1v) is 8.15. The van der Waals surface area contributed by atoms with E-state index >= 15 is 0 Å². The molecule has 0 aromatic carbocycles. The lowest BCUT2D eigenvalue weighted by atomic mass is 9.93. The maximum atomic E-state index is 12.5. The molecule has 1 heterocycles. The Morgan fingerprint density at radius 3 is 2.47 bits per heavy atom. The highest BCUT2D eigenvalue weighted by molar-refractivity contribution is 9.10. The van der Waals surface area contributed by atoms with Crippen LogP contribution in [0.2, 0.25) is 0 Å². The number of aromatic nitrogens is 2. The number of Topliss-reactive ketones (excluding diaryl/α,β-unsaturated/α-hetero) is 1. The van der Waals surface area contributed by atoms with Crippen LogP contribution in [-0.4, -0.2) is 15.6 Å². The number of carbonyl (C=O) groups excluding carboxylic acids is 1. The third-order valence-corrected chi connectivity index (χ3v) is 5.07. The zero-order valence-corrected chi connectivity index (χ0v) is 13.5. The number of aryl methyl sites for hydroxylation is 2. The Balaban J connectivity index is 2.07. The second-order valence-electron chi connectivity index (χ2n) is 5.52. The summed E-state index contributed by atoms with van der Waals surface area (Å²) in [7, 11) is 1.93. The molecule has 0 radical (unpaired) electrons. The number of ketones is 1. The molecule has 0 bridgehead atoms. The standard InChI is InChI=1S/C15H23BrN2O/c1-3-12-15(16)13(18(2)17-12)10-14(19)11-8-6-4-5-7-9-11/h11H,3-10H2,1-2H3. The van der Waals surface area contributed by atoms with Crippen LogP contribution in [0.25, 0.3) is 0 Å². The molecule has 4 heteroatoms. The van der Waals surface area contributed by atoms with Crippen molar-refractivity contribution < 1.29 is 4.79 Å². The predicted molar refractivity (Wildman–Crippen MR) is 80.2 cm³/mol. The first-order valence-electron chi connectivity index (χ1n) is 7.36. The van der Waals surface area contributed by atoms with Crippen LogP contribution in [0.4, 0.5) is 0 Å². The van der Waals surface area contributed by atoms with Gasteiger partial charge in [-0.2, -0.15) is 5.10 Å². The van der Waals surface area contributed by atoms with Crippen molar-refractivity contribution in [3.05, 3.63) is 15.9 Å². The molecule has 0 aliphatic heterocycles. The Labute approximate surface area is 123 Å². The summed E-state index contributed by atoms with van der Waals surface area (Å²) in [6.07, 6.45) is 8.58. The van der Waals surface area contributed by atoms with E-state index in [1.165, 1.54) is 25.7 Å². The van der Waals surface area contributed by atoms with Crippen molar-refractivity contribution in [1.29, 1.82) is 0 Å². The summed E-state index contributed by atoms with van der Waals surface area (Å²) >= 11 is 3.59. The predicted octanol–water partition coefficient (Wildman–Crippen LogP) is 3.83. The first kappa shape index (κ1) is 14.8. The molecule has 1 aliphatic rings. The zero-order valence-electron chi connectivity index (χ0n) is 11.9. The van der Waals surface area contributed by atoms with Gasteiger partial charge in [0.15, 0.2) is 0 Å². The second-order valence-corrected chi connectivity index (χ2v) is 6.31. The van der Waals surface area contributed by atoms with Gasteiger partial charge in [0, 0.05) is 19.4 Å². The van der Waals surface area contributed by atoms with E-state index in [1.807, 2.05) is 11.7 Å². The number of nitrogens with zero attached hydrogens (tertiary/aromatic N) is 2. The van der Waals surface area contributed by atoms with Gasteiger partial charge < -0.3 is 0 Å². The van der Waals surface area contributed by atoms with Gasteiger partial charge >= 0.3 is 0 Å². The molecule has 1 aliphatic carbocycles. The fraction of sp³-hybridized carbons (Fsp3) is 0.733. The van der Waals surface area contributed by atoms with E-state index in [2.05, 4.69) is 28.0 Å². The van der Waals surface area contributed by atoms with Gasteiger partial charge in [-0.05, 0) is 35.2 Å². The van der Waals surface area contributed by atoms with Gasteiger partial charge in [0.05, 0.1) is 15.9 Å². The Bertz CT molecular complexity index is 445.